The Morgan fingerprint density at radius 3 is 2.55 bits per heavy atom. The summed E-state index contributed by atoms with van der Waals surface area (Å²) < 4.78 is 6.17. The van der Waals surface area contributed by atoms with Gasteiger partial charge in [-0.15, -0.1) is 0 Å². The first kappa shape index (κ1) is 14.6. The number of hydrogen-bond acceptors (Lipinski definition) is 2. The molecule has 0 saturated carbocycles. The Morgan fingerprint density at radius 2 is 1.90 bits per heavy atom. The van der Waals surface area contributed by atoms with Gasteiger partial charge in [-0.2, -0.15) is 0 Å². The number of nitrogens with one attached hydrogen (secondary N) is 1. The molecule has 1 N–H and O–H groups in total. The molecule has 0 heterocycles. The highest BCUT2D eigenvalue weighted by molar-refractivity contribution is 9.10. The zero-order valence-electron chi connectivity index (χ0n) is 11.7. The van der Waals surface area contributed by atoms with Crippen LogP contribution in [0.15, 0.2) is 40.9 Å². The highest BCUT2D eigenvalue weighted by Crippen LogP contribution is 2.26. The van der Waals surface area contributed by atoms with Crippen molar-refractivity contribution in [3.8, 4) is 5.75 Å². The molecule has 0 fully saturated rings. The fourth-order valence-electron chi connectivity index (χ4n) is 1.85. The molecule has 0 spiro atoms. The smallest absolute Gasteiger partial charge is 0.255 e. The summed E-state index contributed by atoms with van der Waals surface area (Å²) in [5.74, 6) is 0.490. The number of methoxy groups -OCH3 is 1. The number of ether oxygens (including phenoxy) is 1. The van der Waals surface area contributed by atoms with E-state index >= 15 is 0 Å². The van der Waals surface area contributed by atoms with Crippen LogP contribution in [0.4, 0.5) is 5.69 Å². The molecule has 0 aliphatic carbocycles. The summed E-state index contributed by atoms with van der Waals surface area (Å²) >= 11 is 3.43. The third kappa shape index (κ3) is 3.20. The first-order valence-corrected chi connectivity index (χ1v) is 7.02. The SMILES string of the molecule is COc1ccc(C)cc1NC(=O)c1ccc(C)c(Br)c1. The molecule has 3 nitrogen and oxygen atoms in total. The molecule has 0 aromatic heterocycles. The first-order chi connectivity index (χ1) is 9.51. The predicted molar refractivity (Wildman–Crippen MR) is 84.6 cm³/mol. The van der Waals surface area contributed by atoms with E-state index in [2.05, 4.69) is 21.2 Å². The molecule has 2 aromatic rings. The van der Waals surface area contributed by atoms with E-state index in [0.29, 0.717) is 17.0 Å². The molecule has 2 rings (SSSR count). The van der Waals surface area contributed by atoms with Gasteiger partial charge in [-0.1, -0.05) is 28.1 Å². The second-order valence-corrected chi connectivity index (χ2v) is 5.48. The molecular formula is C16H16BrNO2. The Morgan fingerprint density at radius 1 is 1.15 bits per heavy atom. The van der Waals surface area contributed by atoms with Crippen LogP contribution in [0, 0.1) is 13.8 Å². The molecule has 4 heteroatoms. The minimum Gasteiger partial charge on any atom is -0.495 e. The van der Waals surface area contributed by atoms with Crippen molar-refractivity contribution in [2.75, 3.05) is 12.4 Å². The monoisotopic (exact) mass is 333 g/mol. The number of halogens is 1. The molecular weight excluding hydrogens is 318 g/mol. The molecule has 0 aliphatic heterocycles. The van der Waals surface area contributed by atoms with Gasteiger partial charge >= 0.3 is 0 Å². The average Bonchev–Trinajstić information content (AvgIpc) is 2.42. The van der Waals surface area contributed by atoms with Gasteiger partial charge in [0.15, 0.2) is 0 Å². The maximum absolute atomic E-state index is 12.3. The maximum atomic E-state index is 12.3. The van der Waals surface area contributed by atoms with Crippen molar-refractivity contribution in [3.05, 3.63) is 57.6 Å². The van der Waals surface area contributed by atoms with Gasteiger partial charge in [0.25, 0.3) is 5.91 Å². The fraction of sp³-hybridized carbons (Fsp3) is 0.188. The van der Waals surface area contributed by atoms with E-state index in [1.54, 1.807) is 13.2 Å². The van der Waals surface area contributed by atoms with Crippen LogP contribution in [0.1, 0.15) is 21.5 Å². The summed E-state index contributed by atoms with van der Waals surface area (Å²) in [4.78, 5) is 12.3. The molecule has 0 saturated heterocycles. The maximum Gasteiger partial charge on any atom is 0.255 e. The average molecular weight is 334 g/mol. The zero-order chi connectivity index (χ0) is 14.7. The van der Waals surface area contributed by atoms with Crippen LogP contribution >= 0.6 is 15.9 Å². The van der Waals surface area contributed by atoms with Gasteiger partial charge in [-0.3, -0.25) is 4.79 Å². The van der Waals surface area contributed by atoms with E-state index in [9.17, 15) is 4.79 Å². The fourth-order valence-corrected chi connectivity index (χ4v) is 2.23. The summed E-state index contributed by atoms with van der Waals surface area (Å²) in [6.07, 6.45) is 0. The van der Waals surface area contributed by atoms with E-state index in [-0.39, 0.29) is 5.91 Å². The number of benzene rings is 2. The van der Waals surface area contributed by atoms with Gasteiger partial charge in [0.1, 0.15) is 5.75 Å². The molecule has 0 atom stereocenters. The standard InChI is InChI=1S/C16H16BrNO2/c1-10-4-7-15(20-3)14(8-10)18-16(19)12-6-5-11(2)13(17)9-12/h4-9H,1-3H3,(H,18,19). The normalized spacial score (nSPS) is 10.2. The quantitative estimate of drug-likeness (QED) is 0.907. The van der Waals surface area contributed by atoms with Crippen LogP contribution in [0.3, 0.4) is 0 Å². The minimum atomic E-state index is -0.158. The van der Waals surface area contributed by atoms with E-state index in [0.717, 1.165) is 15.6 Å². The topological polar surface area (TPSA) is 38.3 Å². The lowest BCUT2D eigenvalue weighted by atomic mass is 10.1. The summed E-state index contributed by atoms with van der Waals surface area (Å²) in [7, 11) is 1.59. The lowest BCUT2D eigenvalue weighted by Crippen LogP contribution is -2.13. The molecule has 2 aromatic carbocycles. The van der Waals surface area contributed by atoms with Crippen LogP contribution in [0.5, 0.6) is 5.75 Å². The van der Waals surface area contributed by atoms with Crippen molar-refractivity contribution >= 4 is 27.5 Å². The molecule has 104 valence electrons. The van der Waals surface area contributed by atoms with E-state index in [4.69, 9.17) is 4.74 Å². The second-order valence-electron chi connectivity index (χ2n) is 4.62. The van der Waals surface area contributed by atoms with E-state index < -0.39 is 0 Å². The summed E-state index contributed by atoms with van der Waals surface area (Å²) in [6.45, 7) is 3.95. The Labute approximate surface area is 127 Å². The van der Waals surface area contributed by atoms with Gasteiger partial charge in [0.05, 0.1) is 12.8 Å². The van der Waals surface area contributed by atoms with Gasteiger partial charge in [0.2, 0.25) is 0 Å². The van der Waals surface area contributed by atoms with Crippen molar-refractivity contribution in [2.45, 2.75) is 13.8 Å². The van der Waals surface area contributed by atoms with Gasteiger partial charge in [-0.05, 0) is 49.2 Å². The lowest BCUT2D eigenvalue weighted by Gasteiger charge is -2.11. The summed E-state index contributed by atoms with van der Waals surface area (Å²) in [6, 6.07) is 11.2. The first-order valence-electron chi connectivity index (χ1n) is 6.23. The van der Waals surface area contributed by atoms with Crippen molar-refractivity contribution in [3.63, 3.8) is 0 Å². The number of amides is 1. The van der Waals surface area contributed by atoms with Gasteiger partial charge in [0, 0.05) is 10.0 Å². The number of aryl methyl sites for hydroxylation is 2. The van der Waals surface area contributed by atoms with Gasteiger partial charge < -0.3 is 10.1 Å². The van der Waals surface area contributed by atoms with E-state index in [1.165, 1.54) is 0 Å². The van der Waals surface area contributed by atoms with Crippen LogP contribution in [0.25, 0.3) is 0 Å². The van der Waals surface area contributed by atoms with Crippen LogP contribution in [-0.4, -0.2) is 13.0 Å². The lowest BCUT2D eigenvalue weighted by molar-refractivity contribution is 0.102. The molecule has 0 unspecified atom stereocenters. The summed E-state index contributed by atoms with van der Waals surface area (Å²) in [5.41, 5.74) is 3.43. The predicted octanol–water partition coefficient (Wildman–Crippen LogP) is 4.33. The largest absolute Gasteiger partial charge is 0.495 e. The molecule has 1 amide bonds. The number of hydrogen-bond donors (Lipinski definition) is 1. The highest BCUT2D eigenvalue weighted by atomic mass is 79.9. The molecule has 20 heavy (non-hydrogen) atoms. The van der Waals surface area contributed by atoms with Crippen LogP contribution in [-0.2, 0) is 0 Å². The van der Waals surface area contributed by atoms with Crippen molar-refractivity contribution in [2.24, 2.45) is 0 Å². The third-order valence-electron chi connectivity index (χ3n) is 3.04. The van der Waals surface area contributed by atoms with Crippen LogP contribution in [0.2, 0.25) is 0 Å². The number of carbonyl (C=O) groups is 1. The second kappa shape index (κ2) is 6.09. The van der Waals surface area contributed by atoms with Crippen molar-refractivity contribution in [1.82, 2.24) is 0 Å². The van der Waals surface area contributed by atoms with Crippen molar-refractivity contribution in [1.29, 1.82) is 0 Å². The van der Waals surface area contributed by atoms with Gasteiger partial charge in [-0.25, -0.2) is 0 Å². The Balaban J connectivity index is 2.27. The number of anilines is 1. The Hall–Kier alpha value is -1.81. The molecule has 0 radical (unpaired) electrons. The minimum absolute atomic E-state index is 0.158. The number of carbonyl (C=O) groups excluding carboxylic acids is 1. The number of rotatable bonds is 3. The molecule has 0 bridgehead atoms. The van der Waals surface area contributed by atoms with Crippen LogP contribution < -0.4 is 10.1 Å². The van der Waals surface area contributed by atoms with Crippen molar-refractivity contribution < 1.29 is 9.53 Å². The third-order valence-corrected chi connectivity index (χ3v) is 3.89. The summed E-state index contributed by atoms with van der Waals surface area (Å²) in [5, 5.41) is 2.88. The Kier molecular flexibility index (Phi) is 4.45. The highest BCUT2D eigenvalue weighted by Gasteiger charge is 2.11. The van der Waals surface area contributed by atoms with E-state index in [1.807, 2.05) is 44.2 Å². The Bertz CT molecular complexity index is 653. The zero-order valence-corrected chi connectivity index (χ0v) is 13.2. The molecule has 0 aliphatic rings.